The van der Waals surface area contributed by atoms with Crippen molar-refractivity contribution in [2.45, 2.75) is 46.5 Å². The van der Waals surface area contributed by atoms with E-state index in [1.165, 1.54) is 11.1 Å². The molecule has 1 aromatic carbocycles. The molecule has 0 fully saturated rings. The normalized spacial score (nSPS) is 13.8. The van der Waals surface area contributed by atoms with Crippen LogP contribution in [0.3, 0.4) is 0 Å². The monoisotopic (exact) mass is 423 g/mol. The van der Waals surface area contributed by atoms with E-state index in [4.69, 9.17) is 0 Å². The minimum Gasteiger partial charge on any atom is -0.307 e. The summed E-state index contributed by atoms with van der Waals surface area (Å²) in [5.74, 6) is 0.434. The summed E-state index contributed by atoms with van der Waals surface area (Å²) >= 11 is 0. The van der Waals surface area contributed by atoms with E-state index in [2.05, 4.69) is 66.4 Å². The lowest BCUT2D eigenvalue weighted by molar-refractivity contribution is -0.112. The summed E-state index contributed by atoms with van der Waals surface area (Å²) in [5, 5.41) is 3.00. The summed E-state index contributed by atoms with van der Waals surface area (Å²) in [7, 11) is 0. The van der Waals surface area contributed by atoms with E-state index in [9.17, 15) is 4.79 Å². The van der Waals surface area contributed by atoms with Gasteiger partial charge in [0.05, 0.1) is 5.69 Å². The van der Waals surface area contributed by atoms with E-state index < -0.39 is 0 Å². The van der Waals surface area contributed by atoms with Gasteiger partial charge in [-0.15, -0.1) is 0 Å². The molecule has 0 bridgehead atoms. The number of pyridine rings is 2. The Kier molecular flexibility index (Phi) is 5.79. The molecule has 162 valence electrons. The van der Waals surface area contributed by atoms with Crippen LogP contribution in [0.5, 0.6) is 0 Å². The van der Waals surface area contributed by atoms with Gasteiger partial charge in [-0.05, 0) is 65.8 Å². The van der Waals surface area contributed by atoms with Crippen molar-refractivity contribution >= 4 is 17.3 Å². The van der Waals surface area contributed by atoms with Crippen LogP contribution in [0.25, 0.3) is 16.8 Å². The zero-order valence-corrected chi connectivity index (χ0v) is 19.4. The fraction of sp³-hybridized carbons (Fsp3) is 0.250. The molecule has 0 atom stereocenters. The van der Waals surface area contributed by atoms with Crippen LogP contribution in [0.15, 0.2) is 78.0 Å². The maximum absolute atomic E-state index is 13.1. The van der Waals surface area contributed by atoms with Gasteiger partial charge in [0.15, 0.2) is 0 Å². The molecule has 0 unspecified atom stereocenters. The highest BCUT2D eigenvalue weighted by Crippen LogP contribution is 2.34. The van der Waals surface area contributed by atoms with Gasteiger partial charge in [0, 0.05) is 29.4 Å². The van der Waals surface area contributed by atoms with Gasteiger partial charge in [0.2, 0.25) is 0 Å². The number of benzene rings is 1. The number of allylic oxidation sites excluding steroid dienone is 3. The lowest BCUT2D eigenvalue weighted by atomic mass is 9.86. The number of aryl methyl sites for hydroxylation is 1. The van der Waals surface area contributed by atoms with E-state index >= 15 is 0 Å². The third kappa shape index (κ3) is 4.70. The van der Waals surface area contributed by atoms with Crippen molar-refractivity contribution in [3.63, 3.8) is 0 Å². The van der Waals surface area contributed by atoms with E-state index in [1.807, 2.05) is 44.2 Å². The van der Waals surface area contributed by atoms with Crippen molar-refractivity contribution in [1.29, 1.82) is 0 Å². The van der Waals surface area contributed by atoms with Gasteiger partial charge in [-0.2, -0.15) is 0 Å². The average Bonchev–Trinajstić information content (AvgIpc) is 3.15. The lowest BCUT2D eigenvalue weighted by Crippen LogP contribution is -2.16. The topological polar surface area (TPSA) is 54.9 Å². The number of amides is 1. The number of nitrogens with zero attached hydrogens (tertiary/aromatic N) is 2. The van der Waals surface area contributed by atoms with E-state index in [-0.39, 0.29) is 11.3 Å². The molecule has 4 nitrogen and oxygen atoms in total. The maximum Gasteiger partial charge on any atom is 0.253 e. The summed E-state index contributed by atoms with van der Waals surface area (Å²) < 4.78 is 0. The predicted octanol–water partition coefficient (Wildman–Crippen LogP) is 6.49. The molecular weight excluding hydrogens is 394 g/mol. The van der Waals surface area contributed by atoms with Crippen molar-refractivity contribution < 1.29 is 4.79 Å². The molecule has 2 aromatic heterocycles. The molecule has 0 radical (unpaired) electrons. The molecule has 32 heavy (non-hydrogen) atoms. The van der Waals surface area contributed by atoms with Crippen LogP contribution in [0.1, 0.15) is 50.9 Å². The van der Waals surface area contributed by atoms with Crippen molar-refractivity contribution in [3.05, 3.63) is 94.8 Å². The predicted molar refractivity (Wildman–Crippen MR) is 131 cm³/mol. The number of carbonyl (C=O) groups is 1. The number of carbonyl (C=O) groups excluding carboxylic acids is 1. The molecule has 1 aliphatic carbocycles. The second kappa shape index (κ2) is 8.54. The second-order valence-electron chi connectivity index (χ2n) is 9.39. The molecule has 1 N–H and O–H groups in total. The van der Waals surface area contributed by atoms with E-state index in [0.29, 0.717) is 12.2 Å². The first kappa shape index (κ1) is 21.7. The Morgan fingerprint density at radius 1 is 0.969 bits per heavy atom. The first-order chi connectivity index (χ1) is 15.2. The fourth-order valence-corrected chi connectivity index (χ4v) is 3.96. The van der Waals surface area contributed by atoms with Gasteiger partial charge in [-0.1, -0.05) is 57.2 Å². The number of anilines is 1. The Morgan fingerprint density at radius 3 is 2.38 bits per heavy atom. The van der Waals surface area contributed by atoms with Gasteiger partial charge in [0.1, 0.15) is 5.82 Å². The number of aromatic nitrogens is 2. The summed E-state index contributed by atoms with van der Waals surface area (Å²) in [6.45, 7) is 10.5. The molecule has 1 aliphatic rings. The number of hydrogen-bond acceptors (Lipinski definition) is 3. The summed E-state index contributed by atoms with van der Waals surface area (Å²) in [6.07, 6.45) is 4.49. The van der Waals surface area contributed by atoms with Crippen LogP contribution < -0.4 is 5.32 Å². The van der Waals surface area contributed by atoms with Crippen molar-refractivity contribution in [3.8, 4) is 11.3 Å². The van der Waals surface area contributed by atoms with Gasteiger partial charge in [-0.3, -0.25) is 9.78 Å². The first-order valence-electron chi connectivity index (χ1n) is 10.9. The summed E-state index contributed by atoms with van der Waals surface area (Å²) in [4.78, 5) is 22.0. The van der Waals surface area contributed by atoms with E-state index in [0.717, 1.165) is 33.7 Å². The maximum atomic E-state index is 13.1. The number of hydrogen-bond donors (Lipinski definition) is 1. The molecule has 0 spiro atoms. The minimum absolute atomic E-state index is 0.106. The Bertz CT molecular complexity index is 1210. The number of nitrogens with one attached hydrogen (secondary N) is 1. The Labute approximate surface area is 190 Å². The van der Waals surface area contributed by atoms with Crippen molar-refractivity contribution in [1.82, 2.24) is 9.97 Å². The van der Waals surface area contributed by atoms with Crippen molar-refractivity contribution in [2.24, 2.45) is 0 Å². The molecule has 4 rings (SSSR count). The molecule has 0 saturated carbocycles. The highest BCUT2D eigenvalue weighted by Gasteiger charge is 2.22. The highest BCUT2D eigenvalue weighted by molar-refractivity contribution is 6.07. The Morgan fingerprint density at radius 2 is 1.72 bits per heavy atom. The largest absolute Gasteiger partial charge is 0.307 e. The van der Waals surface area contributed by atoms with Crippen LogP contribution >= 0.6 is 0 Å². The van der Waals surface area contributed by atoms with Crippen molar-refractivity contribution in [2.75, 3.05) is 5.32 Å². The second-order valence-corrected chi connectivity index (χ2v) is 9.39. The Balaban J connectivity index is 1.50. The fourth-order valence-electron chi connectivity index (χ4n) is 3.96. The SMILES string of the molecule is CC1=C(C(=O)Nc2cc(-c3ccccn3)cc(C)n2)CC(c2ccc(C(C)(C)C)cc2)=C1. The minimum atomic E-state index is -0.106. The Hall–Kier alpha value is -3.53. The van der Waals surface area contributed by atoms with Gasteiger partial charge >= 0.3 is 0 Å². The summed E-state index contributed by atoms with van der Waals surface area (Å²) in [6, 6.07) is 18.3. The van der Waals surface area contributed by atoms with Gasteiger partial charge in [0.25, 0.3) is 5.91 Å². The van der Waals surface area contributed by atoms with Gasteiger partial charge in [-0.25, -0.2) is 4.98 Å². The van der Waals surface area contributed by atoms with Crippen LogP contribution in [0.4, 0.5) is 5.82 Å². The van der Waals surface area contributed by atoms with Gasteiger partial charge < -0.3 is 5.32 Å². The molecule has 0 aliphatic heterocycles. The molecule has 4 heteroatoms. The molecule has 0 saturated heterocycles. The molecule has 1 amide bonds. The first-order valence-corrected chi connectivity index (χ1v) is 10.9. The van der Waals surface area contributed by atoms with Crippen LogP contribution in [0, 0.1) is 6.92 Å². The smallest absolute Gasteiger partial charge is 0.253 e. The number of rotatable bonds is 4. The molecular formula is C28H29N3O. The standard InChI is InChI=1S/C28H29N3O/c1-18-14-21(20-9-11-23(12-10-20)28(3,4)5)16-24(18)27(32)31-26-17-22(15-19(2)30-26)25-8-6-7-13-29-25/h6-15,17H,16H2,1-5H3,(H,30,31,32). The molecule has 3 aromatic rings. The highest BCUT2D eigenvalue weighted by atomic mass is 16.1. The van der Waals surface area contributed by atoms with Crippen LogP contribution in [0.2, 0.25) is 0 Å². The zero-order chi connectivity index (χ0) is 22.9. The molecule has 2 heterocycles. The average molecular weight is 424 g/mol. The van der Waals surface area contributed by atoms with Crippen LogP contribution in [-0.4, -0.2) is 15.9 Å². The summed E-state index contributed by atoms with van der Waals surface area (Å²) in [5.41, 5.74) is 8.14. The van der Waals surface area contributed by atoms with Crippen LogP contribution in [-0.2, 0) is 10.2 Å². The van der Waals surface area contributed by atoms with E-state index in [1.54, 1.807) is 6.20 Å². The zero-order valence-electron chi connectivity index (χ0n) is 19.4. The quantitative estimate of drug-likeness (QED) is 0.522. The third-order valence-corrected chi connectivity index (χ3v) is 5.79. The third-order valence-electron chi connectivity index (χ3n) is 5.79. The lowest BCUT2D eigenvalue weighted by Gasteiger charge is -2.19.